The summed E-state index contributed by atoms with van der Waals surface area (Å²) in [5.41, 5.74) is 3.82. The van der Waals surface area contributed by atoms with Crippen molar-refractivity contribution in [2.45, 2.75) is 19.9 Å². The molecule has 164 valence electrons. The molecule has 0 spiro atoms. The molecule has 4 aromatic rings. The lowest BCUT2D eigenvalue weighted by Gasteiger charge is -2.23. The van der Waals surface area contributed by atoms with Gasteiger partial charge in [0, 0.05) is 18.0 Å². The highest BCUT2D eigenvalue weighted by molar-refractivity contribution is 7.22. The number of fused-ring (bicyclic) bond motifs is 1. The minimum atomic E-state index is -0.901. The molecule has 1 unspecified atom stereocenters. The molecule has 2 aromatic heterocycles. The number of benzene rings is 2. The molecular weight excluding hydrogens is 438 g/mol. The summed E-state index contributed by atoms with van der Waals surface area (Å²) in [6.45, 7) is 4.00. The maximum absolute atomic E-state index is 13.2. The Morgan fingerprint density at radius 3 is 2.36 bits per heavy atom. The number of ketones is 1. The molecule has 2 aromatic carbocycles. The first-order valence-electron chi connectivity index (χ1n) is 10.2. The molecule has 0 saturated carbocycles. The Hall–Kier alpha value is -4.04. The molecule has 1 saturated heterocycles. The highest BCUT2D eigenvalue weighted by atomic mass is 32.1. The van der Waals surface area contributed by atoms with Gasteiger partial charge in [-0.25, -0.2) is 4.98 Å². The third kappa shape index (κ3) is 3.44. The van der Waals surface area contributed by atoms with Crippen LogP contribution < -0.4 is 4.90 Å². The van der Waals surface area contributed by atoms with Crippen molar-refractivity contribution in [3.8, 4) is 5.75 Å². The lowest BCUT2D eigenvalue weighted by molar-refractivity contribution is -0.132. The van der Waals surface area contributed by atoms with E-state index in [1.807, 2.05) is 26.0 Å². The number of aliphatic hydroxyl groups is 1. The van der Waals surface area contributed by atoms with Crippen molar-refractivity contribution in [1.29, 1.82) is 0 Å². The molecular formula is C25H19N3O4S. The van der Waals surface area contributed by atoms with Crippen LogP contribution in [-0.2, 0) is 9.59 Å². The van der Waals surface area contributed by atoms with E-state index in [2.05, 4.69) is 9.97 Å². The summed E-state index contributed by atoms with van der Waals surface area (Å²) in [6.07, 6.45) is 3.00. The first kappa shape index (κ1) is 20.8. The van der Waals surface area contributed by atoms with E-state index in [1.165, 1.54) is 40.8 Å². The lowest BCUT2D eigenvalue weighted by atomic mass is 9.95. The van der Waals surface area contributed by atoms with Crippen molar-refractivity contribution >= 4 is 44.1 Å². The molecule has 1 fully saturated rings. The average Bonchev–Trinajstić information content (AvgIpc) is 3.32. The van der Waals surface area contributed by atoms with Crippen molar-refractivity contribution in [2.24, 2.45) is 0 Å². The average molecular weight is 458 g/mol. The van der Waals surface area contributed by atoms with Gasteiger partial charge in [0.2, 0.25) is 0 Å². The number of carbonyl (C=O) groups excluding carboxylic acids is 2. The zero-order valence-corrected chi connectivity index (χ0v) is 18.6. The maximum atomic E-state index is 13.2. The maximum Gasteiger partial charge on any atom is 0.301 e. The molecule has 2 N–H and O–H groups in total. The molecule has 8 heteroatoms. The fraction of sp³-hybridized carbons (Fsp3) is 0.120. The van der Waals surface area contributed by atoms with Gasteiger partial charge in [0.1, 0.15) is 11.5 Å². The van der Waals surface area contributed by atoms with Crippen LogP contribution >= 0.6 is 11.3 Å². The number of phenolic OH excluding ortho intramolecular Hbond substituents is 1. The number of Topliss-reactive ketones (excluding diaryl/α,β-unsaturated/α-hetero) is 1. The second kappa shape index (κ2) is 7.83. The number of anilines is 1. The van der Waals surface area contributed by atoms with Crippen molar-refractivity contribution in [3.63, 3.8) is 0 Å². The minimum absolute atomic E-state index is 0.0384. The van der Waals surface area contributed by atoms with Crippen LogP contribution in [0, 0.1) is 13.8 Å². The highest BCUT2D eigenvalue weighted by Gasteiger charge is 2.48. The van der Waals surface area contributed by atoms with Crippen LogP contribution in [0.2, 0.25) is 0 Å². The van der Waals surface area contributed by atoms with Crippen LogP contribution in [0.3, 0.4) is 0 Å². The van der Waals surface area contributed by atoms with E-state index in [1.54, 1.807) is 24.3 Å². The molecule has 1 aliphatic heterocycles. The quantitative estimate of drug-likeness (QED) is 0.264. The summed E-state index contributed by atoms with van der Waals surface area (Å²) in [5, 5.41) is 21.2. The summed E-state index contributed by atoms with van der Waals surface area (Å²) in [5.74, 6) is -1.80. The van der Waals surface area contributed by atoms with Crippen molar-refractivity contribution < 1.29 is 19.8 Å². The number of aryl methyl sites for hydroxylation is 2. The number of hydrogen-bond donors (Lipinski definition) is 2. The van der Waals surface area contributed by atoms with Gasteiger partial charge in [0.25, 0.3) is 5.78 Å². The van der Waals surface area contributed by atoms with Gasteiger partial charge in [-0.2, -0.15) is 0 Å². The van der Waals surface area contributed by atoms with Gasteiger partial charge in [0.15, 0.2) is 5.13 Å². The van der Waals surface area contributed by atoms with Gasteiger partial charge in [-0.15, -0.1) is 0 Å². The second-order valence-electron chi connectivity index (χ2n) is 7.90. The number of phenols is 1. The number of aromatic nitrogens is 2. The van der Waals surface area contributed by atoms with Gasteiger partial charge < -0.3 is 10.2 Å². The number of pyridine rings is 1. The number of rotatable bonds is 3. The van der Waals surface area contributed by atoms with Crippen molar-refractivity contribution in [1.82, 2.24) is 9.97 Å². The fourth-order valence-electron chi connectivity index (χ4n) is 3.94. The number of carbonyl (C=O) groups is 2. The standard InChI is InChI=1S/C25H19N3O4S/c1-13-11-18-19(12-14(13)2)33-25(27-18)28-21(15-3-5-17(29)6-4-15)20(23(31)24(28)32)22(30)16-7-9-26-10-8-16/h3-12,21,29-30H,1-2H3/b22-20+. The summed E-state index contributed by atoms with van der Waals surface area (Å²) in [6, 6.07) is 12.4. The predicted octanol–water partition coefficient (Wildman–Crippen LogP) is 4.64. The smallest absolute Gasteiger partial charge is 0.301 e. The van der Waals surface area contributed by atoms with E-state index in [0.29, 0.717) is 16.3 Å². The molecule has 5 rings (SSSR count). The van der Waals surface area contributed by atoms with Gasteiger partial charge in [-0.1, -0.05) is 23.5 Å². The Labute approximate surface area is 193 Å². The minimum Gasteiger partial charge on any atom is -0.508 e. The first-order valence-corrected chi connectivity index (χ1v) is 11.0. The normalized spacial score (nSPS) is 17.8. The molecule has 3 heterocycles. The van der Waals surface area contributed by atoms with E-state index in [9.17, 15) is 19.8 Å². The molecule has 1 atom stereocenters. The summed E-state index contributed by atoms with van der Waals surface area (Å²) < 4.78 is 0.897. The Kier molecular flexibility index (Phi) is 4.94. The Bertz CT molecular complexity index is 1400. The second-order valence-corrected chi connectivity index (χ2v) is 8.91. The molecule has 0 radical (unpaired) electrons. The van der Waals surface area contributed by atoms with Gasteiger partial charge in [0.05, 0.1) is 21.8 Å². The summed E-state index contributed by atoms with van der Waals surface area (Å²) >= 11 is 1.31. The van der Waals surface area contributed by atoms with Crippen molar-refractivity contribution in [3.05, 3.63) is 88.8 Å². The molecule has 33 heavy (non-hydrogen) atoms. The van der Waals surface area contributed by atoms with Crippen LogP contribution in [0.15, 0.2) is 66.5 Å². The monoisotopic (exact) mass is 457 g/mol. The Balaban J connectivity index is 1.74. The Morgan fingerprint density at radius 2 is 1.67 bits per heavy atom. The van der Waals surface area contributed by atoms with Crippen molar-refractivity contribution in [2.75, 3.05) is 4.90 Å². The van der Waals surface area contributed by atoms with E-state index in [0.717, 1.165) is 21.3 Å². The molecule has 0 aliphatic carbocycles. The molecule has 0 bridgehead atoms. The molecule has 7 nitrogen and oxygen atoms in total. The third-order valence-electron chi connectivity index (χ3n) is 5.81. The van der Waals surface area contributed by atoms with Crippen LogP contribution in [0.4, 0.5) is 5.13 Å². The van der Waals surface area contributed by atoms with E-state index in [4.69, 9.17) is 0 Å². The van der Waals surface area contributed by atoms with Crippen LogP contribution in [0.5, 0.6) is 5.75 Å². The number of amides is 1. The van der Waals surface area contributed by atoms with E-state index in [-0.39, 0.29) is 17.1 Å². The van der Waals surface area contributed by atoms with E-state index >= 15 is 0 Å². The molecule has 1 aliphatic rings. The Morgan fingerprint density at radius 1 is 1.00 bits per heavy atom. The number of hydrogen-bond acceptors (Lipinski definition) is 7. The van der Waals surface area contributed by atoms with Gasteiger partial charge >= 0.3 is 5.91 Å². The summed E-state index contributed by atoms with van der Waals surface area (Å²) in [4.78, 5) is 36.4. The first-order chi connectivity index (χ1) is 15.8. The number of aromatic hydroxyl groups is 1. The SMILES string of the molecule is Cc1cc2nc(N3C(=O)C(=O)/C(=C(/O)c4ccncc4)C3c3ccc(O)cc3)sc2cc1C. The highest BCUT2D eigenvalue weighted by Crippen LogP contribution is 2.44. The van der Waals surface area contributed by atoms with Crippen LogP contribution in [-0.4, -0.2) is 31.9 Å². The zero-order valence-electron chi connectivity index (χ0n) is 17.8. The number of aliphatic hydroxyl groups excluding tert-OH is 1. The molecule has 1 amide bonds. The lowest BCUT2D eigenvalue weighted by Crippen LogP contribution is -2.29. The largest absolute Gasteiger partial charge is 0.508 e. The van der Waals surface area contributed by atoms with Crippen LogP contribution in [0.1, 0.15) is 28.3 Å². The number of thiazole rings is 1. The van der Waals surface area contributed by atoms with Gasteiger partial charge in [-0.05, 0) is 66.9 Å². The third-order valence-corrected chi connectivity index (χ3v) is 6.82. The fourth-order valence-corrected chi connectivity index (χ4v) is 5.01. The van der Waals surface area contributed by atoms with E-state index < -0.39 is 17.7 Å². The summed E-state index contributed by atoms with van der Waals surface area (Å²) in [7, 11) is 0. The topological polar surface area (TPSA) is 104 Å². The number of nitrogens with zero attached hydrogens (tertiary/aromatic N) is 3. The predicted molar refractivity (Wildman–Crippen MR) is 126 cm³/mol. The van der Waals surface area contributed by atoms with Gasteiger partial charge in [-0.3, -0.25) is 19.5 Å². The van der Waals surface area contributed by atoms with Crippen LogP contribution in [0.25, 0.3) is 16.0 Å². The zero-order chi connectivity index (χ0) is 23.3.